The van der Waals surface area contributed by atoms with Crippen molar-refractivity contribution in [1.29, 1.82) is 0 Å². The van der Waals surface area contributed by atoms with E-state index < -0.39 is 35.7 Å². The van der Waals surface area contributed by atoms with Crippen molar-refractivity contribution in [2.24, 2.45) is 23.2 Å². The van der Waals surface area contributed by atoms with Gasteiger partial charge in [-0.3, -0.25) is 4.79 Å². The maximum atomic E-state index is 13.1. The molecular formula is C37H56N2O6. The molecule has 0 aromatic rings. The van der Waals surface area contributed by atoms with Crippen LogP contribution in [-0.4, -0.2) is 64.4 Å². The number of rotatable bonds is 6. The number of hydrogen-bond donors (Lipinski definition) is 2. The molecule has 0 fully saturated rings. The second kappa shape index (κ2) is 16.3. The Balaban J connectivity index is 2.52. The minimum absolute atomic E-state index is 0.0615. The molecule has 0 unspecified atom stereocenters. The molecule has 0 saturated heterocycles. The van der Waals surface area contributed by atoms with Crippen molar-refractivity contribution in [3.63, 3.8) is 0 Å². The Morgan fingerprint density at radius 1 is 1.13 bits per heavy atom. The van der Waals surface area contributed by atoms with Gasteiger partial charge < -0.3 is 24.8 Å². The average Bonchev–Trinajstić information content (AvgIpc) is 2.93. The zero-order valence-corrected chi connectivity index (χ0v) is 29.2. The van der Waals surface area contributed by atoms with Crippen LogP contribution in [0.4, 0.5) is 4.79 Å². The first-order chi connectivity index (χ1) is 20.9. The fraction of sp³-hybridized carbons (Fsp3) is 0.595. The number of aliphatic hydroxyl groups is 1. The van der Waals surface area contributed by atoms with Crippen molar-refractivity contribution in [3.05, 3.63) is 71.9 Å². The maximum absolute atomic E-state index is 13.1. The number of aliphatic hydroxyl groups excluding tert-OH is 1. The molecular weight excluding hydrogens is 568 g/mol. The summed E-state index contributed by atoms with van der Waals surface area (Å²) in [5, 5.41) is 13.8. The van der Waals surface area contributed by atoms with E-state index in [-0.39, 0.29) is 35.3 Å². The molecule has 0 aromatic carbocycles. The number of cyclic esters (lactones) is 1. The van der Waals surface area contributed by atoms with E-state index in [2.05, 4.69) is 42.6 Å². The SMILES string of the molecule is CCN(C(=O)OC(C)(C)C)[C@@H]1C=C[C@@H]2/C=C(C)\C=C/[C@@H](C)[C@H]([C@H](C)[C@H](O)[C@@H](C)NC(C)=O)OC(=O)\C=C/C=C(C)\C=C/[C@]2(C)C1. The number of hydrogen-bond acceptors (Lipinski definition) is 6. The van der Waals surface area contributed by atoms with Crippen LogP contribution < -0.4 is 5.32 Å². The Morgan fingerprint density at radius 3 is 2.40 bits per heavy atom. The molecule has 8 nitrogen and oxygen atoms in total. The Kier molecular flexibility index (Phi) is 13.7. The number of nitrogens with one attached hydrogen (secondary N) is 1. The Labute approximate surface area is 271 Å². The second-order valence-electron chi connectivity index (χ2n) is 13.9. The zero-order chi connectivity index (χ0) is 34.1. The molecule has 2 N–H and O–H groups in total. The lowest BCUT2D eigenvalue weighted by molar-refractivity contribution is -0.151. The lowest BCUT2D eigenvalue weighted by atomic mass is 9.68. The summed E-state index contributed by atoms with van der Waals surface area (Å²) >= 11 is 0. The molecule has 2 aliphatic rings. The molecule has 250 valence electrons. The van der Waals surface area contributed by atoms with Crippen LogP contribution in [0.5, 0.6) is 0 Å². The lowest BCUT2D eigenvalue weighted by Crippen LogP contribution is -2.48. The van der Waals surface area contributed by atoms with Crippen molar-refractivity contribution in [2.45, 2.75) is 112 Å². The minimum atomic E-state index is -0.926. The normalized spacial score (nSPS) is 32.6. The molecule has 8 heteroatoms. The highest BCUT2D eigenvalue weighted by Gasteiger charge is 2.39. The molecule has 8 atom stereocenters. The van der Waals surface area contributed by atoms with Gasteiger partial charge >= 0.3 is 12.1 Å². The molecule has 0 aromatic heterocycles. The van der Waals surface area contributed by atoms with Gasteiger partial charge in [0.25, 0.3) is 0 Å². The van der Waals surface area contributed by atoms with Crippen molar-refractivity contribution in [3.8, 4) is 0 Å². The van der Waals surface area contributed by atoms with Crippen LogP contribution in [0.2, 0.25) is 0 Å². The third-order valence-corrected chi connectivity index (χ3v) is 8.51. The largest absolute Gasteiger partial charge is 0.458 e. The van der Waals surface area contributed by atoms with Crippen LogP contribution >= 0.6 is 0 Å². The molecule has 45 heavy (non-hydrogen) atoms. The Bertz CT molecular complexity index is 1240. The number of carbonyl (C=O) groups excluding carboxylic acids is 3. The van der Waals surface area contributed by atoms with Gasteiger partial charge in [0.15, 0.2) is 0 Å². The molecule has 0 saturated carbocycles. The van der Waals surface area contributed by atoms with Gasteiger partial charge in [0, 0.05) is 37.3 Å². The predicted molar refractivity (Wildman–Crippen MR) is 180 cm³/mol. The summed E-state index contributed by atoms with van der Waals surface area (Å²) in [5.41, 5.74) is 1.10. The molecule has 0 radical (unpaired) electrons. The monoisotopic (exact) mass is 624 g/mol. The van der Waals surface area contributed by atoms with Crippen LogP contribution in [-0.2, 0) is 19.1 Å². The number of allylic oxidation sites excluding steroid dienone is 9. The Hall–Kier alpha value is -3.39. The van der Waals surface area contributed by atoms with E-state index in [4.69, 9.17) is 9.47 Å². The van der Waals surface area contributed by atoms with Gasteiger partial charge in [0.2, 0.25) is 5.91 Å². The van der Waals surface area contributed by atoms with E-state index in [0.717, 1.165) is 11.1 Å². The zero-order valence-electron chi connectivity index (χ0n) is 29.2. The van der Waals surface area contributed by atoms with Crippen LogP contribution in [0, 0.1) is 23.2 Å². The van der Waals surface area contributed by atoms with Crippen LogP contribution in [0.3, 0.4) is 0 Å². The summed E-state index contributed by atoms with van der Waals surface area (Å²) in [4.78, 5) is 39.4. The summed E-state index contributed by atoms with van der Waals surface area (Å²) in [6.07, 6.45) is 18.5. The van der Waals surface area contributed by atoms with Crippen LogP contribution in [0.1, 0.15) is 82.6 Å². The molecule has 2 amide bonds. The lowest BCUT2D eigenvalue weighted by Gasteiger charge is -2.42. The number of amides is 2. The van der Waals surface area contributed by atoms with E-state index in [1.54, 1.807) is 17.9 Å². The third kappa shape index (κ3) is 11.5. The first kappa shape index (κ1) is 37.8. The van der Waals surface area contributed by atoms with Gasteiger partial charge in [0.1, 0.15) is 11.7 Å². The summed E-state index contributed by atoms with van der Waals surface area (Å²) < 4.78 is 11.6. The van der Waals surface area contributed by atoms with Crippen molar-refractivity contribution >= 4 is 18.0 Å². The van der Waals surface area contributed by atoms with Gasteiger partial charge in [-0.15, -0.1) is 0 Å². The van der Waals surface area contributed by atoms with E-state index >= 15 is 0 Å². The molecule has 0 spiro atoms. The number of fused-ring (bicyclic) bond motifs is 1. The number of ether oxygens (including phenoxy) is 2. The molecule has 1 aliphatic carbocycles. The first-order valence-corrected chi connectivity index (χ1v) is 16.1. The number of carbonyl (C=O) groups is 3. The Morgan fingerprint density at radius 2 is 1.80 bits per heavy atom. The van der Waals surface area contributed by atoms with Gasteiger partial charge in [0.05, 0.1) is 18.2 Å². The van der Waals surface area contributed by atoms with Crippen LogP contribution in [0.15, 0.2) is 71.9 Å². The summed E-state index contributed by atoms with van der Waals surface area (Å²) in [6.45, 7) is 21.3. The number of nitrogens with zero attached hydrogens (tertiary/aromatic N) is 1. The summed E-state index contributed by atoms with van der Waals surface area (Å²) in [6, 6.07) is -0.640. The predicted octanol–water partition coefficient (Wildman–Crippen LogP) is 6.84. The summed E-state index contributed by atoms with van der Waals surface area (Å²) in [7, 11) is 0. The topological polar surface area (TPSA) is 105 Å². The number of likely N-dealkylation sites (N-methyl/N-ethyl adjacent to an activating group) is 1. The quantitative estimate of drug-likeness (QED) is 0.248. The highest BCUT2D eigenvalue weighted by atomic mass is 16.6. The minimum Gasteiger partial charge on any atom is -0.458 e. The van der Waals surface area contributed by atoms with E-state index in [1.807, 2.05) is 73.6 Å². The van der Waals surface area contributed by atoms with E-state index in [0.29, 0.717) is 13.0 Å². The maximum Gasteiger partial charge on any atom is 0.410 e. The van der Waals surface area contributed by atoms with Gasteiger partial charge in [-0.1, -0.05) is 86.6 Å². The first-order valence-electron chi connectivity index (χ1n) is 16.1. The fourth-order valence-electron chi connectivity index (χ4n) is 5.91. The van der Waals surface area contributed by atoms with Gasteiger partial charge in [-0.25, -0.2) is 9.59 Å². The smallest absolute Gasteiger partial charge is 0.410 e. The molecule has 2 rings (SSSR count). The summed E-state index contributed by atoms with van der Waals surface area (Å²) in [5.74, 6) is -1.37. The molecule has 0 bridgehead atoms. The fourth-order valence-corrected chi connectivity index (χ4v) is 5.91. The standard InChI is InChI=1S/C37H56N2O6/c1-12-39(35(43)45-36(8,9)10)31-19-18-30-22-25(3)16-17-26(4)34(27(5)33(42)28(6)38-29(7)40)44-32(41)15-13-14-24(2)20-21-37(30,11)23-31/h13-22,26-28,30-31,33-34,42H,12,23H2,1-11H3,(H,38,40)/b15-13-,17-16-,21-20-,24-14-,25-22-/t26-,27-,28-,30-,31-,33+,34-,37-/m1/s1. The van der Waals surface area contributed by atoms with Crippen LogP contribution in [0.25, 0.3) is 0 Å². The molecule has 1 heterocycles. The van der Waals surface area contributed by atoms with E-state index in [9.17, 15) is 19.5 Å². The highest BCUT2D eigenvalue weighted by molar-refractivity contribution is 5.82. The number of esters is 1. The van der Waals surface area contributed by atoms with Crippen molar-refractivity contribution < 1.29 is 29.0 Å². The third-order valence-electron chi connectivity index (χ3n) is 8.51. The average molecular weight is 625 g/mol. The van der Waals surface area contributed by atoms with Crippen molar-refractivity contribution in [1.82, 2.24) is 10.2 Å². The van der Waals surface area contributed by atoms with Gasteiger partial charge in [-0.05, 0) is 60.3 Å². The highest BCUT2D eigenvalue weighted by Crippen LogP contribution is 2.42. The van der Waals surface area contributed by atoms with Gasteiger partial charge in [-0.2, -0.15) is 0 Å². The van der Waals surface area contributed by atoms with Crippen molar-refractivity contribution in [2.75, 3.05) is 6.54 Å². The second-order valence-corrected chi connectivity index (χ2v) is 13.9. The molecule has 1 aliphatic heterocycles. The van der Waals surface area contributed by atoms with E-state index in [1.165, 1.54) is 13.0 Å².